The fourth-order valence-electron chi connectivity index (χ4n) is 2.03. The van der Waals surface area contributed by atoms with E-state index in [2.05, 4.69) is 10.2 Å². The van der Waals surface area contributed by atoms with Gasteiger partial charge in [0.15, 0.2) is 5.78 Å². The molecule has 1 rings (SSSR count). The summed E-state index contributed by atoms with van der Waals surface area (Å²) in [5, 5.41) is 3.34. The molecule has 0 spiro atoms. The fourth-order valence-corrected chi connectivity index (χ4v) is 2.03. The lowest BCUT2D eigenvalue weighted by atomic mass is 10.2. The SMILES string of the molecule is CC(=O)COCCCCCOCCN1CCNCC1. The summed E-state index contributed by atoms with van der Waals surface area (Å²) in [5.74, 6) is 0.0937. The topological polar surface area (TPSA) is 50.8 Å². The Morgan fingerprint density at radius 2 is 1.74 bits per heavy atom. The Bertz CT molecular complexity index is 231. The van der Waals surface area contributed by atoms with E-state index < -0.39 is 0 Å². The molecule has 0 aromatic heterocycles. The number of nitrogens with one attached hydrogen (secondary N) is 1. The van der Waals surface area contributed by atoms with E-state index >= 15 is 0 Å². The number of unbranched alkanes of at least 4 members (excludes halogenated alkanes) is 2. The standard InChI is InChI=1S/C14H28N2O3/c1-14(17)13-19-11-4-2-3-10-18-12-9-16-7-5-15-6-8-16/h15H,2-13H2,1H3. The Morgan fingerprint density at radius 1 is 1.05 bits per heavy atom. The summed E-state index contributed by atoms with van der Waals surface area (Å²) in [6, 6.07) is 0. The highest BCUT2D eigenvalue weighted by atomic mass is 16.5. The molecule has 1 aliphatic rings. The van der Waals surface area contributed by atoms with E-state index in [1.165, 1.54) is 0 Å². The quantitative estimate of drug-likeness (QED) is 0.561. The molecule has 5 heteroatoms. The van der Waals surface area contributed by atoms with E-state index in [1.54, 1.807) is 6.92 Å². The molecule has 1 fully saturated rings. The summed E-state index contributed by atoms with van der Waals surface area (Å²) in [4.78, 5) is 13.1. The van der Waals surface area contributed by atoms with Crippen LogP contribution in [0.2, 0.25) is 0 Å². The first-order chi connectivity index (χ1) is 9.29. The Balaban J connectivity index is 1.74. The summed E-state index contributed by atoms with van der Waals surface area (Å²) in [5.41, 5.74) is 0. The van der Waals surface area contributed by atoms with Gasteiger partial charge in [-0.1, -0.05) is 0 Å². The minimum Gasteiger partial charge on any atom is -0.380 e. The van der Waals surface area contributed by atoms with Gasteiger partial charge in [-0.15, -0.1) is 0 Å². The van der Waals surface area contributed by atoms with Crippen molar-refractivity contribution in [1.29, 1.82) is 0 Å². The Labute approximate surface area is 116 Å². The van der Waals surface area contributed by atoms with Gasteiger partial charge in [-0.3, -0.25) is 9.69 Å². The van der Waals surface area contributed by atoms with Gasteiger partial charge in [0.2, 0.25) is 0 Å². The van der Waals surface area contributed by atoms with Crippen LogP contribution < -0.4 is 5.32 Å². The van der Waals surface area contributed by atoms with Crippen LogP contribution in [0.3, 0.4) is 0 Å². The van der Waals surface area contributed by atoms with Gasteiger partial charge in [0, 0.05) is 45.9 Å². The zero-order valence-corrected chi connectivity index (χ0v) is 12.2. The van der Waals surface area contributed by atoms with Crippen LogP contribution >= 0.6 is 0 Å². The first-order valence-corrected chi connectivity index (χ1v) is 7.37. The third-order valence-corrected chi connectivity index (χ3v) is 3.14. The molecule has 0 bridgehead atoms. The first-order valence-electron chi connectivity index (χ1n) is 7.37. The van der Waals surface area contributed by atoms with E-state index in [1.807, 2.05) is 0 Å². The maximum atomic E-state index is 10.6. The number of piperazine rings is 1. The molecule has 1 heterocycles. The van der Waals surface area contributed by atoms with Gasteiger partial charge in [0.25, 0.3) is 0 Å². The predicted octanol–water partition coefficient (Wildman–Crippen LogP) is 0.684. The van der Waals surface area contributed by atoms with Gasteiger partial charge in [0.1, 0.15) is 6.61 Å². The first kappa shape index (κ1) is 16.6. The normalized spacial score (nSPS) is 16.7. The number of carbonyl (C=O) groups is 1. The van der Waals surface area contributed by atoms with Crippen LogP contribution in [0.25, 0.3) is 0 Å². The van der Waals surface area contributed by atoms with E-state index in [4.69, 9.17) is 9.47 Å². The number of ketones is 1. The Morgan fingerprint density at radius 3 is 2.42 bits per heavy atom. The van der Waals surface area contributed by atoms with Crippen molar-refractivity contribution in [3.05, 3.63) is 0 Å². The minimum absolute atomic E-state index is 0.0937. The van der Waals surface area contributed by atoms with Gasteiger partial charge in [-0.2, -0.15) is 0 Å². The van der Waals surface area contributed by atoms with Crippen LogP contribution in [-0.4, -0.2) is 69.8 Å². The molecular weight excluding hydrogens is 244 g/mol. The second-order valence-corrected chi connectivity index (χ2v) is 5.02. The summed E-state index contributed by atoms with van der Waals surface area (Å²) in [6.07, 6.45) is 3.19. The van der Waals surface area contributed by atoms with Crippen molar-refractivity contribution in [2.24, 2.45) is 0 Å². The third-order valence-electron chi connectivity index (χ3n) is 3.14. The number of Topliss-reactive ketones (excluding diaryl/α,β-unsaturated/α-hetero) is 1. The van der Waals surface area contributed by atoms with Crippen LogP contribution in [0, 0.1) is 0 Å². The number of hydrogen-bond acceptors (Lipinski definition) is 5. The summed E-state index contributed by atoms with van der Waals surface area (Å²) in [7, 11) is 0. The molecule has 0 unspecified atom stereocenters. The Kier molecular flexibility index (Phi) is 9.89. The predicted molar refractivity (Wildman–Crippen MR) is 75.5 cm³/mol. The molecule has 0 aliphatic carbocycles. The monoisotopic (exact) mass is 272 g/mol. The van der Waals surface area contributed by atoms with Crippen LogP contribution in [0.5, 0.6) is 0 Å². The fraction of sp³-hybridized carbons (Fsp3) is 0.929. The largest absolute Gasteiger partial charge is 0.380 e. The number of carbonyl (C=O) groups excluding carboxylic acids is 1. The van der Waals surface area contributed by atoms with E-state index in [0.717, 1.165) is 65.2 Å². The van der Waals surface area contributed by atoms with Crippen molar-refractivity contribution in [2.75, 3.05) is 59.2 Å². The van der Waals surface area contributed by atoms with Crippen molar-refractivity contribution in [3.8, 4) is 0 Å². The van der Waals surface area contributed by atoms with Gasteiger partial charge in [0.05, 0.1) is 6.61 Å². The zero-order valence-electron chi connectivity index (χ0n) is 12.2. The molecule has 0 atom stereocenters. The maximum absolute atomic E-state index is 10.6. The van der Waals surface area contributed by atoms with Gasteiger partial charge >= 0.3 is 0 Å². The molecule has 112 valence electrons. The summed E-state index contributed by atoms with van der Waals surface area (Å²) in [6.45, 7) is 9.66. The van der Waals surface area contributed by atoms with Gasteiger partial charge < -0.3 is 14.8 Å². The minimum atomic E-state index is 0.0937. The maximum Gasteiger partial charge on any atom is 0.155 e. The van der Waals surface area contributed by atoms with E-state index in [9.17, 15) is 4.79 Å². The van der Waals surface area contributed by atoms with Crippen LogP contribution in [-0.2, 0) is 14.3 Å². The highest BCUT2D eigenvalue weighted by Gasteiger charge is 2.08. The summed E-state index contributed by atoms with van der Waals surface area (Å²) < 4.78 is 10.8. The van der Waals surface area contributed by atoms with Crippen molar-refractivity contribution in [3.63, 3.8) is 0 Å². The number of hydrogen-bond donors (Lipinski definition) is 1. The zero-order chi connectivity index (χ0) is 13.8. The number of ether oxygens (including phenoxy) is 2. The molecule has 0 radical (unpaired) electrons. The van der Waals surface area contributed by atoms with Crippen LogP contribution in [0.1, 0.15) is 26.2 Å². The molecule has 5 nitrogen and oxygen atoms in total. The summed E-state index contributed by atoms with van der Waals surface area (Å²) >= 11 is 0. The molecular formula is C14H28N2O3. The number of nitrogens with zero attached hydrogens (tertiary/aromatic N) is 1. The van der Waals surface area contributed by atoms with Gasteiger partial charge in [-0.05, 0) is 26.2 Å². The molecule has 0 saturated carbocycles. The van der Waals surface area contributed by atoms with Crippen molar-refractivity contribution in [1.82, 2.24) is 10.2 Å². The smallest absolute Gasteiger partial charge is 0.155 e. The van der Waals surface area contributed by atoms with E-state index in [0.29, 0.717) is 6.61 Å². The number of rotatable bonds is 11. The molecule has 0 aromatic rings. The third kappa shape index (κ3) is 10.0. The Hall–Kier alpha value is -0.490. The molecule has 1 N–H and O–H groups in total. The van der Waals surface area contributed by atoms with Crippen molar-refractivity contribution < 1.29 is 14.3 Å². The lowest BCUT2D eigenvalue weighted by Crippen LogP contribution is -2.44. The average molecular weight is 272 g/mol. The average Bonchev–Trinajstić information content (AvgIpc) is 2.42. The molecule has 1 saturated heterocycles. The molecule has 1 aliphatic heterocycles. The van der Waals surface area contributed by atoms with Crippen molar-refractivity contribution >= 4 is 5.78 Å². The highest BCUT2D eigenvalue weighted by molar-refractivity contribution is 5.76. The lowest BCUT2D eigenvalue weighted by molar-refractivity contribution is -0.121. The second kappa shape index (κ2) is 11.3. The highest BCUT2D eigenvalue weighted by Crippen LogP contribution is 1.97. The molecule has 0 amide bonds. The molecule has 19 heavy (non-hydrogen) atoms. The van der Waals surface area contributed by atoms with Crippen LogP contribution in [0.4, 0.5) is 0 Å². The molecule has 0 aromatic carbocycles. The second-order valence-electron chi connectivity index (χ2n) is 5.02. The van der Waals surface area contributed by atoms with Crippen molar-refractivity contribution in [2.45, 2.75) is 26.2 Å². The van der Waals surface area contributed by atoms with Gasteiger partial charge in [-0.25, -0.2) is 0 Å². The van der Waals surface area contributed by atoms with Crippen LogP contribution in [0.15, 0.2) is 0 Å². The van der Waals surface area contributed by atoms with E-state index in [-0.39, 0.29) is 12.4 Å². The lowest BCUT2D eigenvalue weighted by Gasteiger charge is -2.26.